The highest BCUT2D eigenvalue weighted by Gasteiger charge is 2.43. The Balaban J connectivity index is 2.72. The van der Waals surface area contributed by atoms with Crippen LogP contribution < -0.4 is 0 Å². The lowest BCUT2D eigenvalue weighted by molar-refractivity contribution is 0.397. The summed E-state index contributed by atoms with van der Waals surface area (Å²) in [5.74, 6) is -0.0434. The minimum absolute atomic E-state index is 0.0236. The Kier molecular flexibility index (Phi) is 1.79. The molecule has 0 aliphatic heterocycles. The molecule has 0 bridgehead atoms. The highest BCUT2D eigenvalue weighted by Crippen LogP contribution is 2.49. The van der Waals surface area contributed by atoms with E-state index in [4.69, 9.17) is 0 Å². The maximum absolute atomic E-state index is 13.7. The fourth-order valence-electron chi connectivity index (χ4n) is 3.06. The van der Waals surface area contributed by atoms with Gasteiger partial charge in [-0.3, -0.25) is 0 Å². The van der Waals surface area contributed by atoms with Gasteiger partial charge in [-0.25, -0.2) is 4.39 Å². The Morgan fingerprint density at radius 3 is 2.29 bits per heavy atom. The Morgan fingerprint density at radius 1 is 1.07 bits per heavy atom. The lowest BCUT2D eigenvalue weighted by atomic mass is 9.82. The minimum atomic E-state index is -0.0434. The van der Waals surface area contributed by atoms with Crippen molar-refractivity contribution >= 4 is 0 Å². The molecule has 0 aromatic heterocycles. The van der Waals surface area contributed by atoms with E-state index in [1.54, 1.807) is 6.07 Å². The summed E-state index contributed by atoms with van der Waals surface area (Å²) in [5, 5.41) is 0. The lowest BCUT2D eigenvalue weighted by Crippen LogP contribution is -2.18. The molecule has 0 radical (unpaired) electrons. The van der Waals surface area contributed by atoms with Gasteiger partial charge in [-0.15, -0.1) is 0 Å². The second-order valence-electron chi connectivity index (χ2n) is 5.61. The molecule has 1 aliphatic rings. The van der Waals surface area contributed by atoms with Gasteiger partial charge in [0.25, 0.3) is 0 Å². The van der Waals surface area contributed by atoms with Crippen LogP contribution in [0.1, 0.15) is 45.2 Å². The predicted octanol–water partition coefficient (Wildman–Crippen LogP) is 3.78. The van der Waals surface area contributed by atoms with E-state index in [0.29, 0.717) is 0 Å². The fourth-order valence-corrected chi connectivity index (χ4v) is 3.06. The zero-order valence-electron chi connectivity index (χ0n) is 9.32. The van der Waals surface area contributed by atoms with E-state index < -0.39 is 0 Å². The van der Waals surface area contributed by atoms with E-state index in [0.717, 1.165) is 12.0 Å². The molecule has 0 saturated heterocycles. The van der Waals surface area contributed by atoms with E-state index in [1.807, 2.05) is 6.07 Å². The van der Waals surface area contributed by atoms with Gasteiger partial charge in [-0.05, 0) is 34.4 Å². The summed E-state index contributed by atoms with van der Waals surface area (Å²) in [4.78, 5) is 0. The first-order valence-corrected chi connectivity index (χ1v) is 5.14. The van der Waals surface area contributed by atoms with Crippen LogP contribution in [0, 0.1) is 5.82 Å². The maximum Gasteiger partial charge on any atom is 0.127 e. The lowest BCUT2D eigenvalue weighted by Gasteiger charge is -2.22. The molecule has 0 N–H and O–H groups in total. The zero-order valence-corrected chi connectivity index (χ0v) is 9.32. The van der Waals surface area contributed by atoms with Gasteiger partial charge in [0, 0.05) is 0 Å². The van der Waals surface area contributed by atoms with Crippen LogP contribution in [-0.4, -0.2) is 0 Å². The topological polar surface area (TPSA) is 0 Å². The van der Waals surface area contributed by atoms with Crippen molar-refractivity contribution in [2.24, 2.45) is 0 Å². The summed E-state index contributed by atoms with van der Waals surface area (Å²) < 4.78 is 13.7. The summed E-state index contributed by atoms with van der Waals surface area (Å²) in [6.07, 6.45) is 1.02. The first-order chi connectivity index (χ1) is 6.34. The summed E-state index contributed by atoms with van der Waals surface area (Å²) in [7, 11) is 0. The van der Waals surface area contributed by atoms with Crippen molar-refractivity contribution in [2.75, 3.05) is 0 Å². The molecule has 14 heavy (non-hydrogen) atoms. The first-order valence-electron chi connectivity index (χ1n) is 5.14. The Bertz CT molecular complexity index is 375. The molecular weight excluding hydrogens is 175 g/mol. The maximum atomic E-state index is 13.7. The molecule has 0 amide bonds. The van der Waals surface area contributed by atoms with E-state index in [-0.39, 0.29) is 16.6 Å². The summed E-state index contributed by atoms with van der Waals surface area (Å²) in [6, 6.07) is 5.45. The quantitative estimate of drug-likeness (QED) is 0.586. The molecule has 0 fully saturated rings. The van der Waals surface area contributed by atoms with Crippen molar-refractivity contribution in [2.45, 2.75) is 44.9 Å². The average molecular weight is 192 g/mol. The molecule has 1 aromatic rings. The largest absolute Gasteiger partial charge is 0.207 e. The normalized spacial score (nSPS) is 22.1. The molecule has 2 rings (SSSR count). The summed E-state index contributed by atoms with van der Waals surface area (Å²) in [5.41, 5.74) is 2.19. The van der Waals surface area contributed by atoms with Crippen LogP contribution in [0.25, 0.3) is 0 Å². The van der Waals surface area contributed by atoms with Gasteiger partial charge in [0.05, 0.1) is 0 Å². The van der Waals surface area contributed by atoms with Crippen LogP contribution in [0.2, 0.25) is 0 Å². The second-order valence-corrected chi connectivity index (χ2v) is 5.61. The molecule has 0 spiro atoms. The van der Waals surface area contributed by atoms with Gasteiger partial charge in [0.15, 0.2) is 0 Å². The SMILES string of the molecule is CC1(C)CC(C)(C)c2c(F)cccc21. The van der Waals surface area contributed by atoms with Crippen LogP contribution >= 0.6 is 0 Å². The summed E-state index contributed by atoms with van der Waals surface area (Å²) in [6.45, 7) is 8.65. The number of rotatable bonds is 0. The highest BCUT2D eigenvalue weighted by atomic mass is 19.1. The number of benzene rings is 1. The van der Waals surface area contributed by atoms with Gasteiger partial charge < -0.3 is 0 Å². The van der Waals surface area contributed by atoms with Crippen LogP contribution in [0.5, 0.6) is 0 Å². The van der Waals surface area contributed by atoms with Crippen molar-refractivity contribution in [3.8, 4) is 0 Å². The monoisotopic (exact) mass is 192 g/mol. The average Bonchev–Trinajstić information content (AvgIpc) is 2.18. The van der Waals surface area contributed by atoms with Gasteiger partial charge in [0.1, 0.15) is 5.82 Å². The van der Waals surface area contributed by atoms with Crippen molar-refractivity contribution < 1.29 is 4.39 Å². The first kappa shape index (κ1) is 9.70. The second kappa shape index (κ2) is 2.59. The molecule has 1 heteroatoms. The van der Waals surface area contributed by atoms with Gasteiger partial charge in [-0.2, -0.15) is 0 Å². The number of hydrogen-bond donors (Lipinski definition) is 0. The van der Waals surface area contributed by atoms with Gasteiger partial charge in [-0.1, -0.05) is 39.8 Å². The fraction of sp³-hybridized carbons (Fsp3) is 0.538. The molecule has 76 valence electrons. The Morgan fingerprint density at radius 2 is 1.71 bits per heavy atom. The molecule has 0 heterocycles. The van der Waals surface area contributed by atoms with E-state index in [2.05, 4.69) is 33.8 Å². The molecular formula is C13H17F. The smallest absolute Gasteiger partial charge is 0.127 e. The highest BCUT2D eigenvalue weighted by molar-refractivity contribution is 5.45. The van der Waals surface area contributed by atoms with E-state index >= 15 is 0 Å². The molecule has 0 nitrogen and oxygen atoms in total. The van der Waals surface area contributed by atoms with E-state index in [9.17, 15) is 4.39 Å². The Hall–Kier alpha value is -0.850. The van der Waals surface area contributed by atoms with Crippen LogP contribution in [0.4, 0.5) is 4.39 Å². The van der Waals surface area contributed by atoms with Gasteiger partial charge >= 0.3 is 0 Å². The number of halogens is 1. The zero-order chi connectivity index (χ0) is 10.6. The summed E-state index contributed by atoms with van der Waals surface area (Å²) >= 11 is 0. The predicted molar refractivity (Wildman–Crippen MR) is 57.1 cm³/mol. The molecule has 0 unspecified atom stereocenters. The van der Waals surface area contributed by atoms with Crippen molar-refractivity contribution in [1.82, 2.24) is 0 Å². The molecule has 0 saturated carbocycles. The van der Waals surface area contributed by atoms with E-state index in [1.165, 1.54) is 5.56 Å². The third-order valence-electron chi connectivity index (χ3n) is 3.30. The van der Waals surface area contributed by atoms with Crippen molar-refractivity contribution in [3.05, 3.63) is 35.1 Å². The van der Waals surface area contributed by atoms with Gasteiger partial charge in [0.2, 0.25) is 0 Å². The third kappa shape index (κ3) is 1.18. The molecule has 1 aliphatic carbocycles. The van der Waals surface area contributed by atoms with Crippen LogP contribution in [-0.2, 0) is 10.8 Å². The minimum Gasteiger partial charge on any atom is -0.207 e. The molecule has 0 atom stereocenters. The number of hydrogen-bond acceptors (Lipinski definition) is 0. The standard InChI is InChI=1S/C13H17F/c1-12(2)8-13(3,4)11-9(12)6-5-7-10(11)14/h5-7H,8H2,1-4H3. The number of fused-ring (bicyclic) bond motifs is 1. The van der Waals surface area contributed by atoms with Crippen LogP contribution in [0.15, 0.2) is 18.2 Å². The van der Waals surface area contributed by atoms with Crippen molar-refractivity contribution in [3.63, 3.8) is 0 Å². The Labute approximate surface area is 85.1 Å². The van der Waals surface area contributed by atoms with Crippen molar-refractivity contribution in [1.29, 1.82) is 0 Å². The van der Waals surface area contributed by atoms with Crippen LogP contribution in [0.3, 0.4) is 0 Å². The third-order valence-corrected chi connectivity index (χ3v) is 3.30. The molecule has 1 aromatic carbocycles.